The number of aliphatic hydroxyl groups is 1. The van der Waals surface area contributed by atoms with E-state index < -0.39 is 18.0 Å². The summed E-state index contributed by atoms with van der Waals surface area (Å²) >= 11 is 0. The molecule has 2 aliphatic rings. The third kappa shape index (κ3) is 3.49. The molecule has 0 aliphatic heterocycles. The van der Waals surface area contributed by atoms with Gasteiger partial charge >= 0.3 is 18.0 Å². The van der Waals surface area contributed by atoms with Crippen molar-refractivity contribution in [3.63, 3.8) is 0 Å². The third-order valence-corrected chi connectivity index (χ3v) is 6.14. The Morgan fingerprint density at radius 3 is 2.35 bits per heavy atom. The molecule has 148 valence electrons. The zero-order chi connectivity index (χ0) is 20.0. The Hall–Kier alpha value is -1.16. The van der Waals surface area contributed by atoms with Gasteiger partial charge in [-0.15, -0.1) is 0 Å². The summed E-state index contributed by atoms with van der Waals surface area (Å²) in [5.41, 5.74) is -3.98. The van der Waals surface area contributed by atoms with E-state index >= 15 is 0 Å². The topological polar surface area (TPSA) is 20.2 Å². The van der Waals surface area contributed by atoms with E-state index in [0.29, 0.717) is 11.8 Å². The molecular formula is C19H24F6O. The standard InChI is InChI=1S/C19H24F6O/c1-12-6-4-10-16(3)14(12)8-9-15(16)13(2)7-5-11-17(26,18(20,21)22)19(23,24)25/h9,12-14,26H,4,6-8,10H2,1-3H3/t12?,13?,14?,16-/m0/s1. The summed E-state index contributed by atoms with van der Waals surface area (Å²) < 4.78 is 76.0. The summed E-state index contributed by atoms with van der Waals surface area (Å²) in [6, 6.07) is 0. The van der Waals surface area contributed by atoms with E-state index in [-0.39, 0.29) is 17.8 Å². The van der Waals surface area contributed by atoms with Crippen LogP contribution < -0.4 is 0 Å². The van der Waals surface area contributed by atoms with E-state index in [4.69, 9.17) is 5.11 Å². The van der Waals surface area contributed by atoms with Gasteiger partial charge < -0.3 is 5.11 Å². The highest BCUT2D eigenvalue weighted by Crippen LogP contribution is 2.56. The van der Waals surface area contributed by atoms with Gasteiger partial charge in [0.2, 0.25) is 0 Å². The van der Waals surface area contributed by atoms with E-state index in [1.807, 2.05) is 5.92 Å². The second kappa shape index (κ2) is 6.78. The Labute approximate surface area is 149 Å². The van der Waals surface area contributed by atoms with Crippen LogP contribution in [0.15, 0.2) is 11.6 Å². The minimum Gasteiger partial charge on any atom is -0.363 e. The van der Waals surface area contributed by atoms with Gasteiger partial charge in [0.1, 0.15) is 0 Å². The minimum atomic E-state index is -5.90. The molecule has 7 heteroatoms. The number of rotatable bonds is 2. The van der Waals surface area contributed by atoms with Crippen molar-refractivity contribution in [2.45, 2.75) is 70.8 Å². The first-order chi connectivity index (χ1) is 11.7. The zero-order valence-electron chi connectivity index (χ0n) is 15.1. The van der Waals surface area contributed by atoms with Crippen molar-refractivity contribution < 1.29 is 31.4 Å². The molecule has 3 unspecified atom stereocenters. The number of halogens is 6. The van der Waals surface area contributed by atoms with E-state index in [1.165, 1.54) is 0 Å². The van der Waals surface area contributed by atoms with Gasteiger partial charge in [0.25, 0.3) is 0 Å². The number of allylic oxidation sites excluding steroid dienone is 2. The molecule has 2 rings (SSSR count). The van der Waals surface area contributed by atoms with Crippen LogP contribution in [0.25, 0.3) is 0 Å². The summed E-state index contributed by atoms with van der Waals surface area (Å²) in [4.78, 5) is 0. The van der Waals surface area contributed by atoms with Crippen LogP contribution in [0.3, 0.4) is 0 Å². The van der Waals surface area contributed by atoms with Gasteiger partial charge in [-0.05, 0) is 41.9 Å². The van der Waals surface area contributed by atoms with Gasteiger partial charge in [-0.25, -0.2) is 0 Å². The average Bonchev–Trinajstić information content (AvgIpc) is 2.83. The Balaban J connectivity index is 2.17. The first kappa shape index (κ1) is 21.1. The van der Waals surface area contributed by atoms with Crippen molar-refractivity contribution in [3.05, 3.63) is 11.6 Å². The molecule has 1 fully saturated rings. The molecule has 0 spiro atoms. The Kier molecular flexibility index (Phi) is 5.51. The van der Waals surface area contributed by atoms with Crippen LogP contribution in [-0.4, -0.2) is 23.1 Å². The molecular weight excluding hydrogens is 358 g/mol. The molecule has 0 aromatic rings. The molecule has 0 heterocycles. The van der Waals surface area contributed by atoms with Crippen LogP contribution in [0.4, 0.5) is 26.3 Å². The fourth-order valence-electron chi connectivity index (χ4n) is 4.65. The molecule has 4 atom stereocenters. The fraction of sp³-hybridized carbons (Fsp3) is 0.789. The predicted molar refractivity (Wildman–Crippen MR) is 85.9 cm³/mol. The zero-order valence-corrected chi connectivity index (χ0v) is 15.1. The number of hydrogen-bond donors (Lipinski definition) is 1. The lowest BCUT2D eigenvalue weighted by atomic mass is 9.60. The summed E-state index contributed by atoms with van der Waals surface area (Å²) in [5, 5.41) is 9.10. The Morgan fingerprint density at radius 1 is 1.23 bits per heavy atom. The van der Waals surface area contributed by atoms with Gasteiger partial charge in [0, 0.05) is 6.42 Å². The second-order valence-corrected chi connectivity index (χ2v) is 7.90. The first-order valence-corrected chi connectivity index (χ1v) is 8.80. The van der Waals surface area contributed by atoms with Crippen molar-refractivity contribution in [1.29, 1.82) is 0 Å². The largest absolute Gasteiger partial charge is 0.438 e. The molecule has 1 N–H and O–H groups in total. The second-order valence-electron chi connectivity index (χ2n) is 7.90. The van der Waals surface area contributed by atoms with Gasteiger partial charge in [-0.3, -0.25) is 0 Å². The highest BCUT2D eigenvalue weighted by atomic mass is 19.4. The summed E-state index contributed by atoms with van der Waals surface area (Å²) in [6.07, 6.45) is -5.81. The molecule has 1 nitrogen and oxygen atoms in total. The molecule has 1 saturated carbocycles. The quantitative estimate of drug-likeness (QED) is 0.372. The summed E-state index contributed by atoms with van der Waals surface area (Å²) in [6.45, 7) is 6.10. The Morgan fingerprint density at radius 2 is 1.81 bits per heavy atom. The number of hydrogen-bond acceptors (Lipinski definition) is 1. The van der Waals surface area contributed by atoms with Crippen LogP contribution in [0.5, 0.6) is 0 Å². The average molecular weight is 382 g/mol. The van der Waals surface area contributed by atoms with Crippen molar-refractivity contribution in [2.24, 2.45) is 23.2 Å². The molecule has 0 saturated heterocycles. The smallest absolute Gasteiger partial charge is 0.363 e. The van der Waals surface area contributed by atoms with E-state index in [2.05, 4.69) is 19.9 Å². The van der Waals surface area contributed by atoms with Crippen LogP contribution >= 0.6 is 0 Å². The maximum absolute atomic E-state index is 12.7. The maximum atomic E-state index is 12.7. The van der Waals surface area contributed by atoms with Crippen LogP contribution in [-0.2, 0) is 0 Å². The van der Waals surface area contributed by atoms with E-state index in [9.17, 15) is 26.3 Å². The molecule has 0 bridgehead atoms. The Bertz CT molecular complexity index is 607. The van der Waals surface area contributed by atoms with Crippen molar-refractivity contribution in [1.82, 2.24) is 0 Å². The molecule has 26 heavy (non-hydrogen) atoms. The van der Waals surface area contributed by atoms with Crippen LogP contribution in [0, 0.1) is 35.0 Å². The van der Waals surface area contributed by atoms with Gasteiger partial charge in [0.15, 0.2) is 0 Å². The minimum absolute atomic E-state index is 0.0663. The van der Waals surface area contributed by atoms with Gasteiger partial charge in [-0.2, -0.15) is 26.3 Å². The van der Waals surface area contributed by atoms with Crippen molar-refractivity contribution in [2.75, 3.05) is 0 Å². The fourth-order valence-corrected chi connectivity index (χ4v) is 4.65. The van der Waals surface area contributed by atoms with Crippen LogP contribution in [0.2, 0.25) is 0 Å². The van der Waals surface area contributed by atoms with E-state index in [1.54, 1.807) is 6.92 Å². The monoisotopic (exact) mass is 382 g/mol. The lowest BCUT2D eigenvalue weighted by Gasteiger charge is -2.44. The maximum Gasteiger partial charge on any atom is 0.438 e. The highest BCUT2D eigenvalue weighted by molar-refractivity contribution is 5.28. The number of alkyl halides is 6. The highest BCUT2D eigenvalue weighted by Gasteiger charge is 2.70. The SMILES string of the molecule is CC(CC#CC(O)(C(F)(F)F)C(F)(F)F)C1=CCC2C(C)CCC[C@]12C. The molecule has 0 aromatic heterocycles. The molecule has 0 aromatic carbocycles. The molecule has 0 amide bonds. The van der Waals surface area contributed by atoms with Gasteiger partial charge in [0.05, 0.1) is 0 Å². The predicted octanol–water partition coefficient (Wildman–Crippen LogP) is 5.64. The van der Waals surface area contributed by atoms with E-state index in [0.717, 1.165) is 37.2 Å². The van der Waals surface area contributed by atoms with Crippen molar-refractivity contribution in [3.8, 4) is 11.8 Å². The third-order valence-electron chi connectivity index (χ3n) is 6.14. The van der Waals surface area contributed by atoms with Crippen molar-refractivity contribution >= 4 is 0 Å². The number of fused-ring (bicyclic) bond motifs is 1. The molecule has 0 radical (unpaired) electrons. The normalized spacial score (nSPS) is 30.9. The lowest BCUT2D eigenvalue weighted by molar-refractivity contribution is -0.343. The first-order valence-electron chi connectivity index (χ1n) is 8.80. The lowest BCUT2D eigenvalue weighted by Crippen LogP contribution is -2.55. The van der Waals surface area contributed by atoms with Crippen LogP contribution in [0.1, 0.15) is 52.9 Å². The molecule has 2 aliphatic carbocycles. The summed E-state index contributed by atoms with van der Waals surface area (Å²) in [7, 11) is 0. The summed E-state index contributed by atoms with van der Waals surface area (Å²) in [5.74, 6) is 3.76. The van der Waals surface area contributed by atoms with Gasteiger partial charge in [-0.1, -0.05) is 51.2 Å².